The topological polar surface area (TPSA) is 96.0 Å². The minimum absolute atomic E-state index is 0.159. The van der Waals surface area contributed by atoms with Gasteiger partial charge in [-0.1, -0.05) is 17.7 Å². The Morgan fingerprint density at radius 1 is 0.964 bits per heavy atom. The molecule has 0 radical (unpaired) electrons. The van der Waals surface area contributed by atoms with Crippen molar-refractivity contribution in [3.63, 3.8) is 0 Å². The van der Waals surface area contributed by atoms with Crippen molar-refractivity contribution in [2.24, 2.45) is 0 Å². The van der Waals surface area contributed by atoms with Crippen LogP contribution in [-0.2, 0) is 4.79 Å². The van der Waals surface area contributed by atoms with E-state index in [0.29, 0.717) is 22.3 Å². The molecule has 0 aliphatic carbocycles. The van der Waals surface area contributed by atoms with Crippen LogP contribution in [0.1, 0.15) is 23.0 Å². The van der Waals surface area contributed by atoms with E-state index in [2.05, 4.69) is 25.9 Å². The van der Waals surface area contributed by atoms with Gasteiger partial charge in [0.25, 0.3) is 5.91 Å². The summed E-state index contributed by atoms with van der Waals surface area (Å²) in [4.78, 5) is 31.9. The molecule has 1 heterocycles. The number of rotatable bonds is 5. The monoisotopic (exact) mass is 395 g/mol. The van der Waals surface area contributed by atoms with Gasteiger partial charge in [0.05, 0.1) is 0 Å². The van der Waals surface area contributed by atoms with Crippen LogP contribution in [0.3, 0.4) is 0 Å². The Kier molecular flexibility index (Phi) is 5.86. The van der Waals surface area contributed by atoms with Crippen LogP contribution in [0.5, 0.6) is 0 Å². The Morgan fingerprint density at radius 2 is 1.64 bits per heavy atom. The lowest BCUT2D eigenvalue weighted by molar-refractivity contribution is -0.114. The van der Waals surface area contributed by atoms with Gasteiger partial charge in [0.1, 0.15) is 5.69 Å². The van der Waals surface area contributed by atoms with Crippen LogP contribution >= 0.6 is 11.6 Å². The predicted molar refractivity (Wildman–Crippen MR) is 110 cm³/mol. The van der Waals surface area contributed by atoms with Gasteiger partial charge in [0.15, 0.2) is 0 Å². The Morgan fingerprint density at radius 3 is 2.32 bits per heavy atom. The minimum Gasteiger partial charge on any atom is -0.326 e. The molecule has 0 aliphatic rings. The first kappa shape index (κ1) is 19.3. The van der Waals surface area contributed by atoms with Gasteiger partial charge < -0.3 is 16.0 Å². The van der Waals surface area contributed by atoms with Gasteiger partial charge in [-0.3, -0.25) is 9.59 Å². The average Bonchev–Trinajstić information content (AvgIpc) is 2.66. The summed E-state index contributed by atoms with van der Waals surface area (Å²) in [5.41, 5.74) is 3.18. The summed E-state index contributed by atoms with van der Waals surface area (Å²) in [6.45, 7) is 3.36. The maximum absolute atomic E-state index is 12.5. The lowest BCUT2D eigenvalue weighted by Crippen LogP contribution is -2.15. The van der Waals surface area contributed by atoms with Crippen LogP contribution < -0.4 is 16.0 Å². The molecule has 0 spiro atoms. The second-order valence-electron chi connectivity index (χ2n) is 6.06. The molecule has 0 saturated heterocycles. The third kappa shape index (κ3) is 5.05. The zero-order valence-corrected chi connectivity index (χ0v) is 16.0. The van der Waals surface area contributed by atoms with Crippen molar-refractivity contribution in [1.82, 2.24) is 9.97 Å². The highest BCUT2D eigenvalue weighted by Crippen LogP contribution is 2.22. The fourth-order valence-electron chi connectivity index (χ4n) is 2.43. The molecule has 2 aromatic carbocycles. The second kappa shape index (κ2) is 8.49. The highest BCUT2D eigenvalue weighted by Gasteiger charge is 2.10. The number of hydrogen-bond acceptors (Lipinski definition) is 5. The van der Waals surface area contributed by atoms with Gasteiger partial charge in [0.2, 0.25) is 11.9 Å². The van der Waals surface area contributed by atoms with Crippen LogP contribution in [0.2, 0.25) is 5.02 Å². The van der Waals surface area contributed by atoms with E-state index in [1.165, 1.54) is 19.2 Å². The van der Waals surface area contributed by atoms with Gasteiger partial charge in [-0.15, -0.1) is 0 Å². The molecule has 1 aromatic heterocycles. The third-order valence-corrected chi connectivity index (χ3v) is 4.03. The molecule has 3 aromatic rings. The van der Waals surface area contributed by atoms with Crippen LogP contribution in [-0.4, -0.2) is 21.8 Å². The molecule has 0 unspecified atom stereocenters. The first-order valence-electron chi connectivity index (χ1n) is 8.46. The first-order valence-corrected chi connectivity index (χ1v) is 8.84. The van der Waals surface area contributed by atoms with E-state index in [9.17, 15) is 9.59 Å². The SMILES string of the molecule is CC(=O)Nc1ccc(NC(=O)c2ccnc(Nc3cc(Cl)ccc3C)n2)cc1. The number of aryl methyl sites for hydroxylation is 1. The molecule has 0 atom stereocenters. The van der Waals surface area contributed by atoms with E-state index in [1.54, 1.807) is 36.4 Å². The molecule has 3 rings (SSSR count). The number of hydrogen-bond donors (Lipinski definition) is 3. The van der Waals surface area contributed by atoms with Crippen LogP contribution in [0.25, 0.3) is 0 Å². The molecular weight excluding hydrogens is 378 g/mol. The average molecular weight is 396 g/mol. The lowest BCUT2D eigenvalue weighted by Gasteiger charge is -2.10. The molecule has 2 amide bonds. The molecule has 0 bridgehead atoms. The van der Waals surface area contributed by atoms with E-state index in [-0.39, 0.29) is 17.5 Å². The third-order valence-electron chi connectivity index (χ3n) is 3.80. The number of nitrogens with zero attached hydrogens (tertiary/aromatic N) is 2. The van der Waals surface area contributed by atoms with Crippen molar-refractivity contribution in [3.8, 4) is 0 Å². The number of benzene rings is 2. The Labute approximate surface area is 167 Å². The van der Waals surface area contributed by atoms with Crippen LogP contribution in [0, 0.1) is 6.92 Å². The Bertz CT molecular complexity index is 1020. The second-order valence-corrected chi connectivity index (χ2v) is 6.50. The number of halogens is 1. The van der Waals surface area contributed by atoms with E-state index in [1.807, 2.05) is 13.0 Å². The normalized spacial score (nSPS) is 10.2. The van der Waals surface area contributed by atoms with E-state index >= 15 is 0 Å². The number of aromatic nitrogens is 2. The van der Waals surface area contributed by atoms with Gasteiger partial charge in [-0.25, -0.2) is 9.97 Å². The zero-order chi connectivity index (χ0) is 20.1. The summed E-state index contributed by atoms with van der Waals surface area (Å²) in [7, 11) is 0. The quantitative estimate of drug-likeness (QED) is 0.595. The lowest BCUT2D eigenvalue weighted by atomic mass is 10.2. The molecule has 28 heavy (non-hydrogen) atoms. The first-order chi connectivity index (χ1) is 13.4. The van der Waals surface area contributed by atoms with E-state index in [0.717, 1.165) is 11.3 Å². The highest BCUT2D eigenvalue weighted by molar-refractivity contribution is 6.30. The molecule has 0 aliphatic heterocycles. The van der Waals surface area contributed by atoms with Crippen molar-refractivity contribution < 1.29 is 9.59 Å². The van der Waals surface area contributed by atoms with Crippen LogP contribution in [0.4, 0.5) is 23.0 Å². The number of anilines is 4. The molecule has 0 fully saturated rings. The van der Waals surface area contributed by atoms with Crippen LogP contribution in [0.15, 0.2) is 54.7 Å². The van der Waals surface area contributed by atoms with Gasteiger partial charge >= 0.3 is 0 Å². The fourth-order valence-corrected chi connectivity index (χ4v) is 2.60. The largest absolute Gasteiger partial charge is 0.326 e. The van der Waals surface area contributed by atoms with Gasteiger partial charge in [0, 0.05) is 35.2 Å². The maximum atomic E-state index is 12.5. The van der Waals surface area contributed by atoms with Crippen molar-refractivity contribution in [2.45, 2.75) is 13.8 Å². The van der Waals surface area contributed by atoms with Crippen molar-refractivity contribution in [1.29, 1.82) is 0 Å². The summed E-state index contributed by atoms with van der Waals surface area (Å²) in [5, 5.41) is 9.08. The Hall–Kier alpha value is -3.45. The number of amides is 2. The predicted octanol–water partition coefficient (Wildman–Crippen LogP) is 4.39. The number of carbonyl (C=O) groups is 2. The van der Waals surface area contributed by atoms with Crippen molar-refractivity contribution in [3.05, 3.63) is 71.0 Å². The maximum Gasteiger partial charge on any atom is 0.274 e. The molecule has 0 saturated carbocycles. The highest BCUT2D eigenvalue weighted by atomic mass is 35.5. The number of carbonyl (C=O) groups excluding carboxylic acids is 2. The standard InChI is InChI=1S/C20H18ClN5O2/c1-12-3-4-14(21)11-18(12)26-20-22-10-9-17(25-20)19(28)24-16-7-5-15(6-8-16)23-13(2)27/h3-11H,1-2H3,(H,23,27)(H,24,28)(H,22,25,26). The van der Waals surface area contributed by atoms with Gasteiger partial charge in [-0.05, 0) is 55.0 Å². The summed E-state index contributed by atoms with van der Waals surface area (Å²) < 4.78 is 0. The van der Waals surface area contributed by atoms with Gasteiger partial charge in [-0.2, -0.15) is 0 Å². The smallest absolute Gasteiger partial charge is 0.274 e. The van der Waals surface area contributed by atoms with Crippen molar-refractivity contribution in [2.75, 3.05) is 16.0 Å². The van der Waals surface area contributed by atoms with Crippen molar-refractivity contribution >= 4 is 46.4 Å². The molecule has 8 heteroatoms. The molecule has 7 nitrogen and oxygen atoms in total. The molecular formula is C20H18ClN5O2. The molecule has 142 valence electrons. The Balaban J connectivity index is 1.71. The summed E-state index contributed by atoms with van der Waals surface area (Å²) >= 11 is 6.03. The fraction of sp³-hybridized carbons (Fsp3) is 0.100. The number of nitrogens with one attached hydrogen (secondary N) is 3. The molecule has 3 N–H and O–H groups in total. The summed E-state index contributed by atoms with van der Waals surface area (Å²) in [6, 6.07) is 13.8. The summed E-state index contributed by atoms with van der Waals surface area (Å²) in [6.07, 6.45) is 1.50. The van der Waals surface area contributed by atoms with E-state index in [4.69, 9.17) is 11.6 Å². The minimum atomic E-state index is -0.374. The summed E-state index contributed by atoms with van der Waals surface area (Å²) in [5.74, 6) is -0.243. The zero-order valence-electron chi connectivity index (χ0n) is 15.3. The van der Waals surface area contributed by atoms with E-state index < -0.39 is 0 Å².